The lowest BCUT2D eigenvalue weighted by molar-refractivity contribution is -0.115. The summed E-state index contributed by atoms with van der Waals surface area (Å²) in [4.78, 5) is 12.3. The summed E-state index contributed by atoms with van der Waals surface area (Å²) in [5, 5.41) is 19.4. The number of amides is 1. The number of anilines is 1. The lowest BCUT2D eigenvalue weighted by Crippen LogP contribution is -2.15. The molecule has 0 spiro atoms. The molecule has 0 atom stereocenters. The van der Waals surface area contributed by atoms with E-state index in [9.17, 15) is 4.79 Å². The highest BCUT2D eigenvalue weighted by Crippen LogP contribution is 2.22. The van der Waals surface area contributed by atoms with Gasteiger partial charge in [0.25, 0.3) is 0 Å². The summed E-state index contributed by atoms with van der Waals surface area (Å²) in [6.45, 7) is 7.50. The normalized spacial score (nSPS) is 10.8. The number of rotatable bonds is 6. The molecule has 0 aliphatic rings. The Hall–Kier alpha value is -4.01. The molecule has 0 aliphatic heterocycles. The minimum atomic E-state index is -0.145. The maximum atomic E-state index is 12.3. The molecule has 1 amide bonds. The molecule has 3 heterocycles. The number of nitrogens with zero attached hydrogens (tertiary/aromatic N) is 5. The first-order valence-electron chi connectivity index (χ1n) is 9.76. The molecule has 0 unspecified atom stereocenters. The van der Waals surface area contributed by atoms with Crippen LogP contribution in [0.15, 0.2) is 47.0 Å². The number of aryl methyl sites for hydroxylation is 4. The average molecular weight is 418 g/mol. The van der Waals surface area contributed by atoms with Crippen LogP contribution in [0.2, 0.25) is 0 Å². The topological polar surface area (TPSA) is 108 Å². The standard InChI is InChI=1S/C22H22N6O3/c1-13-11-14(2)28(26-13)20-9-10-22(25-24-20)30-18-7-5-17(6-8-18)23-21(29)12-19-15(3)27-31-16(19)4/h5-11H,12H2,1-4H3,(H,23,29). The second kappa shape index (κ2) is 8.39. The van der Waals surface area contributed by atoms with Crippen LogP contribution in [0, 0.1) is 27.7 Å². The van der Waals surface area contributed by atoms with Crippen molar-refractivity contribution in [2.75, 3.05) is 5.32 Å². The summed E-state index contributed by atoms with van der Waals surface area (Å²) in [7, 11) is 0. The minimum Gasteiger partial charge on any atom is -0.438 e. The van der Waals surface area contributed by atoms with Crippen LogP contribution in [0.4, 0.5) is 5.69 Å². The molecule has 158 valence electrons. The molecule has 9 nitrogen and oxygen atoms in total. The summed E-state index contributed by atoms with van der Waals surface area (Å²) in [6, 6.07) is 12.5. The molecule has 1 aromatic carbocycles. The van der Waals surface area contributed by atoms with Crippen molar-refractivity contribution in [3.8, 4) is 17.4 Å². The first-order chi connectivity index (χ1) is 14.9. The molecular weight excluding hydrogens is 396 g/mol. The number of hydrogen-bond donors (Lipinski definition) is 1. The highest BCUT2D eigenvalue weighted by molar-refractivity contribution is 5.92. The van der Waals surface area contributed by atoms with Gasteiger partial charge in [-0.15, -0.1) is 10.2 Å². The zero-order chi connectivity index (χ0) is 22.0. The fourth-order valence-electron chi connectivity index (χ4n) is 3.19. The van der Waals surface area contributed by atoms with Crippen LogP contribution in [0.25, 0.3) is 5.82 Å². The molecule has 9 heteroatoms. The van der Waals surface area contributed by atoms with Gasteiger partial charge in [-0.3, -0.25) is 4.79 Å². The lowest BCUT2D eigenvalue weighted by atomic mass is 10.1. The van der Waals surface area contributed by atoms with Gasteiger partial charge >= 0.3 is 0 Å². The number of aromatic nitrogens is 5. The van der Waals surface area contributed by atoms with Gasteiger partial charge in [0.15, 0.2) is 5.82 Å². The van der Waals surface area contributed by atoms with Gasteiger partial charge in [0, 0.05) is 23.0 Å². The second-order valence-corrected chi connectivity index (χ2v) is 7.22. The maximum absolute atomic E-state index is 12.3. The fraction of sp³-hybridized carbons (Fsp3) is 0.227. The molecule has 0 saturated heterocycles. The third-order valence-corrected chi connectivity index (χ3v) is 4.73. The Labute approximate surface area is 179 Å². The molecule has 4 rings (SSSR count). The number of ether oxygens (including phenoxy) is 1. The van der Waals surface area contributed by atoms with E-state index in [1.807, 2.05) is 26.8 Å². The molecule has 0 saturated carbocycles. The van der Waals surface area contributed by atoms with E-state index in [0.717, 1.165) is 22.6 Å². The Morgan fingerprint density at radius 1 is 1.06 bits per heavy atom. The van der Waals surface area contributed by atoms with Crippen molar-refractivity contribution in [2.45, 2.75) is 34.1 Å². The largest absolute Gasteiger partial charge is 0.438 e. The van der Waals surface area contributed by atoms with Gasteiger partial charge in [0.2, 0.25) is 11.8 Å². The highest BCUT2D eigenvalue weighted by atomic mass is 16.5. The van der Waals surface area contributed by atoms with Crippen molar-refractivity contribution in [1.29, 1.82) is 0 Å². The molecule has 4 aromatic rings. The van der Waals surface area contributed by atoms with Crippen molar-refractivity contribution in [3.63, 3.8) is 0 Å². The maximum Gasteiger partial charge on any atom is 0.238 e. The van der Waals surface area contributed by atoms with E-state index < -0.39 is 0 Å². The van der Waals surface area contributed by atoms with E-state index in [1.165, 1.54) is 0 Å². The van der Waals surface area contributed by atoms with Gasteiger partial charge in [-0.2, -0.15) is 5.10 Å². The van der Waals surface area contributed by atoms with E-state index in [1.54, 1.807) is 48.0 Å². The Balaban J connectivity index is 1.37. The number of benzene rings is 1. The predicted molar refractivity (Wildman–Crippen MR) is 113 cm³/mol. The van der Waals surface area contributed by atoms with E-state index in [-0.39, 0.29) is 12.3 Å². The van der Waals surface area contributed by atoms with Crippen LogP contribution in [0.5, 0.6) is 11.6 Å². The monoisotopic (exact) mass is 418 g/mol. The Bertz CT molecular complexity index is 1190. The lowest BCUT2D eigenvalue weighted by Gasteiger charge is -2.08. The Morgan fingerprint density at radius 2 is 1.84 bits per heavy atom. The fourth-order valence-corrected chi connectivity index (χ4v) is 3.19. The van der Waals surface area contributed by atoms with Crippen molar-refractivity contribution >= 4 is 11.6 Å². The zero-order valence-electron chi connectivity index (χ0n) is 17.7. The second-order valence-electron chi connectivity index (χ2n) is 7.22. The number of hydrogen-bond acceptors (Lipinski definition) is 7. The van der Waals surface area contributed by atoms with Crippen molar-refractivity contribution in [3.05, 3.63) is 70.9 Å². The van der Waals surface area contributed by atoms with Crippen molar-refractivity contribution in [2.24, 2.45) is 0 Å². The van der Waals surface area contributed by atoms with Crippen LogP contribution in [0.3, 0.4) is 0 Å². The molecule has 1 N–H and O–H groups in total. The molecule has 0 aliphatic carbocycles. The number of carbonyl (C=O) groups is 1. The molecule has 0 radical (unpaired) electrons. The van der Waals surface area contributed by atoms with Gasteiger partial charge in [0.1, 0.15) is 11.5 Å². The summed E-state index contributed by atoms with van der Waals surface area (Å²) in [6.07, 6.45) is 0.205. The molecule has 0 bridgehead atoms. The van der Waals surface area contributed by atoms with E-state index in [0.29, 0.717) is 28.9 Å². The van der Waals surface area contributed by atoms with Gasteiger partial charge in [-0.1, -0.05) is 5.16 Å². The Morgan fingerprint density at radius 3 is 2.42 bits per heavy atom. The molecule has 3 aromatic heterocycles. The van der Waals surface area contributed by atoms with Gasteiger partial charge in [-0.25, -0.2) is 4.68 Å². The third kappa shape index (κ3) is 4.61. The quantitative estimate of drug-likeness (QED) is 0.506. The smallest absolute Gasteiger partial charge is 0.238 e. The summed E-state index contributed by atoms with van der Waals surface area (Å²) in [5.74, 6) is 2.07. The van der Waals surface area contributed by atoms with Gasteiger partial charge < -0.3 is 14.6 Å². The predicted octanol–water partition coefficient (Wildman–Crippen LogP) is 3.86. The van der Waals surface area contributed by atoms with E-state index in [2.05, 4.69) is 25.8 Å². The summed E-state index contributed by atoms with van der Waals surface area (Å²) < 4.78 is 12.6. The van der Waals surface area contributed by atoms with E-state index in [4.69, 9.17) is 9.26 Å². The first-order valence-corrected chi connectivity index (χ1v) is 9.76. The average Bonchev–Trinajstić information content (AvgIpc) is 3.25. The third-order valence-electron chi connectivity index (χ3n) is 4.73. The first kappa shape index (κ1) is 20.3. The Kier molecular flexibility index (Phi) is 5.48. The SMILES string of the molecule is Cc1cc(C)n(-c2ccc(Oc3ccc(NC(=O)Cc4c(C)noc4C)cc3)nn2)n1. The zero-order valence-corrected chi connectivity index (χ0v) is 17.7. The van der Waals surface area contributed by atoms with Gasteiger partial charge in [0.05, 0.1) is 17.8 Å². The molecule has 31 heavy (non-hydrogen) atoms. The molecular formula is C22H22N6O3. The van der Waals surface area contributed by atoms with Crippen LogP contribution in [0.1, 0.15) is 28.4 Å². The van der Waals surface area contributed by atoms with Crippen LogP contribution in [-0.2, 0) is 11.2 Å². The van der Waals surface area contributed by atoms with Crippen molar-refractivity contribution < 1.29 is 14.1 Å². The van der Waals surface area contributed by atoms with Crippen molar-refractivity contribution in [1.82, 2.24) is 25.1 Å². The van der Waals surface area contributed by atoms with Gasteiger partial charge in [-0.05, 0) is 64.1 Å². The minimum absolute atomic E-state index is 0.145. The van der Waals surface area contributed by atoms with E-state index >= 15 is 0 Å². The summed E-state index contributed by atoms with van der Waals surface area (Å²) >= 11 is 0. The number of nitrogens with one attached hydrogen (secondary N) is 1. The van der Waals surface area contributed by atoms with Crippen LogP contribution < -0.4 is 10.1 Å². The number of carbonyl (C=O) groups excluding carboxylic acids is 1. The van der Waals surface area contributed by atoms with Crippen LogP contribution in [-0.4, -0.2) is 31.0 Å². The highest BCUT2D eigenvalue weighted by Gasteiger charge is 2.13. The molecule has 0 fully saturated rings. The van der Waals surface area contributed by atoms with Crippen LogP contribution >= 0.6 is 0 Å². The summed E-state index contributed by atoms with van der Waals surface area (Å²) in [5.41, 5.74) is 4.09.